The summed E-state index contributed by atoms with van der Waals surface area (Å²) in [7, 11) is 3.69. The molecule has 2 aromatic rings. The van der Waals surface area contributed by atoms with Crippen LogP contribution in [0.4, 0.5) is 0 Å². The molecular weight excluding hydrogens is 429 g/mol. The van der Waals surface area contributed by atoms with Crippen LogP contribution in [0.3, 0.4) is 0 Å². The minimum Gasteiger partial charge on any atom is -0.489 e. The molecule has 1 aromatic heterocycles. The molecule has 0 fully saturated rings. The Bertz CT molecular complexity index is 671. The molecule has 0 saturated heterocycles. The van der Waals surface area contributed by atoms with Gasteiger partial charge in [0, 0.05) is 26.8 Å². The minimum atomic E-state index is 0. The molecule has 0 spiro atoms. The van der Waals surface area contributed by atoms with Crippen LogP contribution in [0.25, 0.3) is 0 Å². The van der Waals surface area contributed by atoms with Crippen LogP contribution < -0.4 is 15.4 Å². The summed E-state index contributed by atoms with van der Waals surface area (Å²) in [5.74, 6) is 1.67. The zero-order chi connectivity index (χ0) is 17.4. The Balaban J connectivity index is 0.00000312. The zero-order valence-corrected chi connectivity index (χ0v) is 17.7. The lowest BCUT2D eigenvalue weighted by atomic mass is 10.2. The van der Waals surface area contributed by atoms with Crippen LogP contribution in [-0.2, 0) is 13.5 Å². The highest BCUT2D eigenvalue weighted by atomic mass is 127. The van der Waals surface area contributed by atoms with Crippen molar-refractivity contribution < 1.29 is 4.74 Å². The highest BCUT2D eigenvalue weighted by molar-refractivity contribution is 14.0. The van der Waals surface area contributed by atoms with E-state index in [2.05, 4.69) is 33.7 Å². The van der Waals surface area contributed by atoms with Crippen LogP contribution in [-0.4, -0.2) is 42.0 Å². The normalized spacial score (nSPS) is 12.2. The summed E-state index contributed by atoms with van der Waals surface area (Å²) in [6, 6.07) is 8.08. The molecule has 0 radical (unpaired) electrons. The van der Waals surface area contributed by atoms with Crippen LogP contribution in [0.5, 0.6) is 5.75 Å². The molecule has 0 bridgehead atoms. The van der Waals surface area contributed by atoms with E-state index in [4.69, 9.17) is 4.74 Å². The lowest BCUT2D eigenvalue weighted by Gasteiger charge is -2.18. The molecule has 2 N–H and O–H groups in total. The Hall–Kier alpha value is -1.77. The first-order valence-corrected chi connectivity index (χ1v) is 8.22. The van der Waals surface area contributed by atoms with Gasteiger partial charge in [0.1, 0.15) is 11.9 Å². The Kier molecular flexibility index (Phi) is 9.33. The third kappa shape index (κ3) is 7.76. The van der Waals surface area contributed by atoms with Crippen molar-refractivity contribution in [1.82, 2.24) is 20.4 Å². The number of halogens is 1. The van der Waals surface area contributed by atoms with Crippen molar-refractivity contribution in [2.45, 2.75) is 26.4 Å². The van der Waals surface area contributed by atoms with Gasteiger partial charge in [-0.25, -0.2) is 0 Å². The number of hydrogen-bond acceptors (Lipinski definition) is 3. The van der Waals surface area contributed by atoms with Crippen LogP contribution in [0.1, 0.15) is 18.1 Å². The van der Waals surface area contributed by atoms with Crippen LogP contribution in [0.2, 0.25) is 0 Å². The number of nitrogens with one attached hydrogen (secondary N) is 2. The molecule has 0 aliphatic carbocycles. The number of aromatic nitrogens is 2. The number of benzene rings is 1. The summed E-state index contributed by atoms with van der Waals surface area (Å²) >= 11 is 0. The smallest absolute Gasteiger partial charge is 0.191 e. The van der Waals surface area contributed by atoms with E-state index in [9.17, 15) is 0 Å². The number of guanidine groups is 1. The monoisotopic (exact) mass is 457 g/mol. The second-order valence-corrected chi connectivity index (χ2v) is 5.90. The molecule has 1 heterocycles. The van der Waals surface area contributed by atoms with Crippen LogP contribution in [0, 0.1) is 6.92 Å². The average molecular weight is 457 g/mol. The summed E-state index contributed by atoms with van der Waals surface area (Å²) in [5.41, 5.74) is 2.40. The number of rotatable bonds is 7. The molecule has 1 aromatic carbocycles. The molecule has 0 aliphatic rings. The highest BCUT2D eigenvalue weighted by Crippen LogP contribution is 2.13. The quantitative estimate of drug-likeness (QED) is 0.381. The fraction of sp³-hybridized carbons (Fsp3) is 0.444. The second kappa shape index (κ2) is 11.0. The molecule has 1 unspecified atom stereocenters. The van der Waals surface area contributed by atoms with Gasteiger partial charge in [-0.15, -0.1) is 24.0 Å². The van der Waals surface area contributed by atoms with E-state index in [0.717, 1.165) is 24.7 Å². The number of aryl methyl sites for hydroxylation is 2. The zero-order valence-electron chi connectivity index (χ0n) is 15.3. The lowest BCUT2D eigenvalue weighted by Crippen LogP contribution is -2.42. The van der Waals surface area contributed by atoms with E-state index in [-0.39, 0.29) is 30.1 Å². The first kappa shape index (κ1) is 21.3. The Morgan fingerprint density at radius 3 is 2.80 bits per heavy atom. The summed E-state index contributed by atoms with van der Waals surface area (Å²) in [6.07, 6.45) is 4.86. The standard InChI is InChI=1S/C18H27N5O.HI/c1-14-6-5-7-17(10-14)24-15(2)11-21-18(19-3)20-9-8-16-12-22-23(4)13-16;/h5-7,10,12-13,15H,8-9,11H2,1-4H3,(H2,19,20,21);1H. The number of aliphatic imine (C=N–C) groups is 1. The van der Waals surface area contributed by atoms with Gasteiger partial charge in [-0.1, -0.05) is 12.1 Å². The molecule has 25 heavy (non-hydrogen) atoms. The fourth-order valence-corrected chi connectivity index (χ4v) is 2.35. The average Bonchev–Trinajstić information content (AvgIpc) is 2.96. The van der Waals surface area contributed by atoms with E-state index in [1.54, 1.807) is 7.05 Å². The molecule has 6 nitrogen and oxygen atoms in total. The van der Waals surface area contributed by atoms with Gasteiger partial charge in [0.2, 0.25) is 0 Å². The van der Waals surface area contributed by atoms with Crippen molar-refractivity contribution in [3.05, 3.63) is 47.8 Å². The molecule has 0 amide bonds. The minimum absolute atomic E-state index is 0. The maximum atomic E-state index is 5.91. The Morgan fingerprint density at radius 1 is 1.36 bits per heavy atom. The SMILES string of the molecule is CN=C(NCCc1cnn(C)c1)NCC(C)Oc1cccc(C)c1.I. The highest BCUT2D eigenvalue weighted by Gasteiger charge is 2.06. The van der Waals surface area contributed by atoms with E-state index in [1.807, 2.05) is 49.2 Å². The molecule has 0 saturated carbocycles. The van der Waals surface area contributed by atoms with E-state index in [0.29, 0.717) is 6.54 Å². The van der Waals surface area contributed by atoms with Crippen LogP contribution in [0.15, 0.2) is 41.7 Å². The number of nitrogens with zero attached hydrogens (tertiary/aromatic N) is 3. The third-order valence-corrected chi connectivity index (χ3v) is 3.57. The molecule has 138 valence electrons. The summed E-state index contributed by atoms with van der Waals surface area (Å²) in [5, 5.41) is 10.8. The third-order valence-electron chi connectivity index (χ3n) is 3.57. The van der Waals surface area contributed by atoms with Gasteiger partial charge < -0.3 is 15.4 Å². The van der Waals surface area contributed by atoms with E-state index >= 15 is 0 Å². The van der Waals surface area contributed by atoms with Gasteiger partial charge in [-0.2, -0.15) is 5.10 Å². The number of hydrogen-bond donors (Lipinski definition) is 2. The first-order chi connectivity index (χ1) is 11.6. The maximum absolute atomic E-state index is 5.91. The second-order valence-electron chi connectivity index (χ2n) is 5.90. The van der Waals surface area contributed by atoms with Crippen molar-refractivity contribution >= 4 is 29.9 Å². The fourth-order valence-electron chi connectivity index (χ4n) is 2.35. The van der Waals surface area contributed by atoms with Crippen molar-refractivity contribution in [3.8, 4) is 5.75 Å². The van der Waals surface area contributed by atoms with E-state index < -0.39 is 0 Å². The van der Waals surface area contributed by atoms with Crippen molar-refractivity contribution in [2.24, 2.45) is 12.0 Å². The summed E-state index contributed by atoms with van der Waals surface area (Å²) < 4.78 is 7.72. The summed E-state index contributed by atoms with van der Waals surface area (Å²) in [6.45, 7) is 5.58. The molecular formula is C18H28IN5O. The van der Waals surface area contributed by atoms with Gasteiger partial charge in [-0.05, 0) is 43.5 Å². The van der Waals surface area contributed by atoms with Gasteiger partial charge >= 0.3 is 0 Å². The van der Waals surface area contributed by atoms with Crippen LogP contribution >= 0.6 is 24.0 Å². The van der Waals surface area contributed by atoms with Gasteiger partial charge in [0.25, 0.3) is 0 Å². The van der Waals surface area contributed by atoms with Crippen molar-refractivity contribution in [3.63, 3.8) is 0 Å². The van der Waals surface area contributed by atoms with Gasteiger partial charge in [-0.3, -0.25) is 9.67 Å². The molecule has 1 atom stereocenters. The largest absolute Gasteiger partial charge is 0.489 e. The predicted molar refractivity (Wildman–Crippen MR) is 113 cm³/mol. The Morgan fingerprint density at radius 2 is 2.16 bits per heavy atom. The maximum Gasteiger partial charge on any atom is 0.191 e. The summed E-state index contributed by atoms with van der Waals surface area (Å²) in [4.78, 5) is 4.24. The lowest BCUT2D eigenvalue weighted by molar-refractivity contribution is 0.223. The molecule has 2 rings (SSSR count). The van der Waals surface area contributed by atoms with Gasteiger partial charge in [0.15, 0.2) is 5.96 Å². The first-order valence-electron chi connectivity index (χ1n) is 8.22. The van der Waals surface area contributed by atoms with Crippen molar-refractivity contribution in [2.75, 3.05) is 20.1 Å². The molecule has 0 aliphatic heterocycles. The number of ether oxygens (including phenoxy) is 1. The topological polar surface area (TPSA) is 63.5 Å². The predicted octanol–water partition coefficient (Wildman–Crippen LogP) is 2.52. The molecule has 7 heteroatoms. The van der Waals surface area contributed by atoms with E-state index in [1.165, 1.54) is 11.1 Å². The Labute approximate surface area is 167 Å². The van der Waals surface area contributed by atoms with Crippen molar-refractivity contribution in [1.29, 1.82) is 0 Å². The van der Waals surface area contributed by atoms with Gasteiger partial charge in [0.05, 0.1) is 12.7 Å².